The van der Waals surface area contributed by atoms with E-state index in [0.29, 0.717) is 6.54 Å². The van der Waals surface area contributed by atoms with Crippen molar-refractivity contribution in [2.45, 2.75) is 19.9 Å². The summed E-state index contributed by atoms with van der Waals surface area (Å²) in [7, 11) is 0. The van der Waals surface area contributed by atoms with Gasteiger partial charge in [-0.3, -0.25) is 0 Å². The Hall–Kier alpha value is -1.80. The number of benzene rings is 2. The molecular formula is C16H19NO. The van der Waals surface area contributed by atoms with E-state index in [4.69, 9.17) is 10.5 Å². The van der Waals surface area contributed by atoms with Gasteiger partial charge in [-0.25, -0.2) is 0 Å². The van der Waals surface area contributed by atoms with Gasteiger partial charge in [-0.05, 0) is 29.7 Å². The van der Waals surface area contributed by atoms with Gasteiger partial charge in [0.2, 0.25) is 0 Å². The number of hydrogen-bond donors (Lipinski definition) is 1. The first-order valence-electron chi connectivity index (χ1n) is 6.36. The molecule has 0 aliphatic carbocycles. The van der Waals surface area contributed by atoms with Crippen LogP contribution in [0.5, 0.6) is 5.75 Å². The van der Waals surface area contributed by atoms with Crippen LogP contribution in [-0.2, 0) is 6.54 Å². The molecule has 0 aromatic heterocycles. The molecule has 0 saturated carbocycles. The fourth-order valence-electron chi connectivity index (χ4n) is 1.91. The summed E-state index contributed by atoms with van der Waals surface area (Å²) in [5.74, 6) is 0.938. The van der Waals surface area contributed by atoms with Gasteiger partial charge in [0.25, 0.3) is 0 Å². The number of ether oxygens (including phenoxy) is 1. The highest BCUT2D eigenvalue weighted by molar-refractivity contribution is 5.70. The predicted molar refractivity (Wildman–Crippen MR) is 75.6 cm³/mol. The molecule has 0 heterocycles. The molecular weight excluding hydrogens is 222 g/mol. The summed E-state index contributed by atoms with van der Waals surface area (Å²) in [4.78, 5) is 0. The van der Waals surface area contributed by atoms with E-state index in [1.54, 1.807) is 0 Å². The Morgan fingerprint density at radius 2 is 1.89 bits per heavy atom. The van der Waals surface area contributed by atoms with Crippen LogP contribution in [0, 0.1) is 0 Å². The first-order chi connectivity index (χ1) is 8.85. The smallest absolute Gasteiger partial charge is 0.127 e. The third kappa shape index (κ3) is 2.90. The average molecular weight is 241 g/mol. The van der Waals surface area contributed by atoms with Crippen molar-refractivity contribution in [1.82, 2.24) is 0 Å². The lowest BCUT2D eigenvalue weighted by molar-refractivity contribution is 0.318. The lowest BCUT2D eigenvalue weighted by atomic mass is 10.0. The Labute approximate surface area is 108 Å². The van der Waals surface area contributed by atoms with E-state index >= 15 is 0 Å². The maximum absolute atomic E-state index is 5.78. The molecule has 0 radical (unpaired) electrons. The largest absolute Gasteiger partial charge is 0.493 e. The molecule has 0 atom stereocenters. The number of para-hydroxylation sites is 1. The van der Waals surface area contributed by atoms with E-state index in [-0.39, 0.29) is 0 Å². The Kier molecular flexibility index (Phi) is 4.37. The number of hydrogen-bond acceptors (Lipinski definition) is 2. The third-order valence-corrected chi connectivity index (χ3v) is 2.82. The fraction of sp³-hybridized carbons (Fsp3) is 0.250. The molecule has 0 aliphatic heterocycles. The first kappa shape index (κ1) is 12.7. The maximum atomic E-state index is 5.78. The minimum absolute atomic E-state index is 0.561. The van der Waals surface area contributed by atoms with E-state index in [9.17, 15) is 0 Å². The van der Waals surface area contributed by atoms with Gasteiger partial charge in [-0.1, -0.05) is 43.3 Å². The molecule has 2 rings (SSSR count). The molecule has 2 nitrogen and oxygen atoms in total. The van der Waals surface area contributed by atoms with Gasteiger partial charge < -0.3 is 10.5 Å². The maximum Gasteiger partial charge on any atom is 0.127 e. The zero-order valence-corrected chi connectivity index (χ0v) is 10.7. The van der Waals surface area contributed by atoms with Crippen LogP contribution < -0.4 is 10.5 Å². The zero-order valence-electron chi connectivity index (χ0n) is 10.7. The van der Waals surface area contributed by atoms with E-state index in [1.807, 2.05) is 30.3 Å². The highest BCUT2D eigenvalue weighted by Gasteiger charge is 2.05. The van der Waals surface area contributed by atoms with Gasteiger partial charge in [0.1, 0.15) is 5.75 Å². The second-order valence-corrected chi connectivity index (χ2v) is 4.25. The monoisotopic (exact) mass is 241 g/mol. The molecule has 0 saturated heterocycles. The summed E-state index contributed by atoms with van der Waals surface area (Å²) in [6.07, 6.45) is 1.01. The number of rotatable bonds is 5. The van der Waals surface area contributed by atoms with Crippen molar-refractivity contribution in [2.75, 3.05) is 6.61 Å². The molecule has 0 spiro atoms. The lowest BCUT2D eigenvalue weighted by Gasteiger charge is -2.11. The summed E-state index contributed by atoms with van der Waals surface area (Å²) in [6, 6.07) is 16.4. The lowest BCUT2D eigenvalue weighted by Crippen LogP contribution is -1.98. The van der Waals surface area contributed by atoms with Crippen molar-refractivity contribution in [2.24, 2.45) is 5.73 Å². The first-order valence-corrected chi connectivity index (χ1v) is 6.36. The molecule has 0 aliphatic rings. The van der Waals surface area contributed by atoms with Crippen LogP contribution >= 0.6 is 0 Å². The van der Waals surface area contributed by atoms with Crippen molar-refractivity contribution in [1.29, 1.82) is 0 Å². The molecule has 18 heavy (non-hydrogen) atoms. The van der Waals surface area contributed by atoms with Gasteiger partial charge in [0.05, 0.1) is 6.61 Å². The van der Waals surface area contributed by atoms with Gasteiger partial charge in [0.15, 0.2) is 0 Å². The van der Waals surface area contributed by atoms with E-state index in [0.717, 1.165) is 35.5 Å². The molecule has 94 valence electrons. The number of nitrogens with two attached hydrogens (primary N) is 1. The SMILES string of the molecule is CCCOc1ccccc1-c1cccc(CN)c1. The highest BCUT2D eigenvalue weighted by atomic mass is 16.5. The minimum atomic E-state index is 0.561. The average Bonchev–Trinajstić information content (AvgIpc) is 2.45. The topological polar surface area (TPSA) is 35.2 Å². The van der Waals surface area contributed by atoms with E-state index in [1.165, 1.54) is 0 Å². The van der Waals surface area contributed by atoms with Crippen molar-refractivity contribution >= 4 is 0 Å². The summed E-state index contributed by atoms with van der Waals surface area (Å²) in [5, 5.41) is 0. The van der Waals surface area contributed by atoms with Crippen molar-refractivity contribution in [3.05, 3.63) is 54.1 Å². The van der Waals surface area contributed by atoms with Crippen molar-refractivity contribution in [3.63, 3.8) is 0 Å². The predicted octanol–water partition coefficient (Wildman–Crippen LogP) is 3.60. The van der Waals surface area contributed by atoms with Crippen molar-refractivity contribution in [3.8, 4) is 16.9 Å². The Bertz CT molecular complexity index is 508. The molecule has 0 unspecified atom stereocenters. The molecule has 2 N–H and O–H groups in total. The van der Waals surface area contributed by atoms with Crippen LogP contribution in [0.15, 0.2) is 48.5 Å². The molecule has 0 fully saturated rings. The molecule has 0 bridgehead atoms. The van der Waals surface area contributed by atoms with Crippen LogP contribution in [0.1, 0.15) is 18.9 Å². The fourth-order valence-corrected chi connectivity index (χ4v) is 1.91. The Balaban J connectivity index is 2.36. The summed E-state index contributed by atoms with van der Waals surface area (Å²) in [5.41, 5.74) is 9.10. The van der Waals surface area contributed by atoms with E-state index in [2.05, 4.69) is 25.1 Å². The van der Waals surface area contributed by atoms with Crippen LogP contribution in [-0.4, -0.2) is 6.61 Å². The van der Waals surface area contributed by atoms with Crippen molar-refractivity contribution < 1.29 is 4.74 Å². The second-order valence-electron chi connectivity index (χ2n) is 4.25. The molecule has 0 amide bonds. The van der Waals surface area contributed by atoms with Gasteiger partial charge in [-0.2, -0.15) is 0 Å². The second kappa shape index (κ2) is 6.22. The standard InChI is InChI=1S/C16H19NO/c1-2-10-18-16-9-4-3-8-15(16)14-7-5-6-13(11-14)12-17/h3-9,11H,2,10,12,17H2,1H3. The normalized spacial score (nSPS) is 10.3. The van der Waals surface area contributed by atoms with Gasteiger partial charge in [0, 0.05) is 12.1 Å². The highest BCUT2D eigenvalue weighted by Crippen LogP contribution is 2.30. The van der Waals surface area contributed by atoms with Crippen LogP contribution in [0.4, 0.5) is 0 Å². The molecule has 2 aromatic carbocycles. The van der Waals surface area contributed by atoms with Crippen LogP contribution in [0.2, 0.25) is 0 Å². The quantitative estimate of drug-likeness (QED) is 0.868. The summed E-state index contributed by atoms with van der Waals surface area (Å²) < 4.78 is 5.78. The van der Waals surface area contributed by atoms with E-state index < -0.39 is 0 Å². The van der Waals surface area contributed by atoms with Gasteiger partial charge in [-0.15, -0.1) is 0 Å². The molecule has 2 heteroatoms. The third-order valence-electron chi connectivity index (χ3n) is 2.82. The van der Waals surface area contributed by atoms with Gasteiger partial charge >= 0.3 is 0 Å². The summed E-state index contributed by atoms with van der Waals surface area (Å²) in [6.45, 7) is 3.41. The minimum Gasteiger partial charge on any atom is -0.493 e. The van der Waals surface area contributed by atoms with Crippen LogP contribution in [0.25, 0.3) is 11.1 Å². The Morgan fingerprint density at radius 3 is 2.67 bits per heavy atom. The van der Waals surface area contributed by atoms with Crippen LogP contribution in [0.3, 0.4) is 0 Å². The Morgan fingerprint density at radius 1 is 1.06 bits per heavy atom. The molecule has 2 aromatic rings. The summed E-state index contributed by atoms with van der Waals surface area (Å²) >= 11 is 0. The zero-order chi connectivity index (χ0) is 12.8.